The number of thiazole rings is 1. The molecule has 0 N–H and O–H groups in total. The second-order valence-electron chi connectivity index (χ2n) is 3.19. The van der Waals surface area contributed by atoms with Gasteiger partial charge in [-0.1, -0.05) is 11.3 Å². The molecule has 0 bridgehead atoms. The van der Waals surface area contributed by atoms with E-state index >= 15 is 0 Å². The van der Waals surface area contributed by atoms with Gasteiger partial charge in [0.2, 0.25) is 0 Å². The van der Waals surface area contributed by atoms with Crippen molar-refractivity contribution in [2.45, 2.75) is 19.4 Å². The third-order valence-electron chi connectivity index (χ3n) is 2.21. The Morgan fingerprint density at radius 2 is 2.50 bits per heavy atom. The van der Waals surface area contributed by atoms with E-state index in [0.29, 0.717) is 6.54 Å². The lowest BCUT2D eigenvalue weighted by Gasteiger charge is -2.03. The van der Waals surface area contributed by atoms with Crippen LogP contribution < -0.4 is 4.87 Å². The van der Waals surface area contributed by atoms with Crippen molar-refractivity contribution in [1.82, 2.24) is 4.57 Å². The molecule has 12 heavy (non-hydrogen) atoms. The molecule has 0 spiro atoms. The Morgan fingerprint density at radius 3 is 2.92 bits per heavy atom. The normalized spacial score (nSPS) is 18.6. The summed E-state index contributed by atoms with van der Waals surface area (Å²) in [5, 5.41) is 10.5. The molecule has 62 valence electrons. The summed E-state index contributed by atoms with van der Waals surface area (Å²) in [5.41, 5.74) is -0.217. The van der Waals surface area contributed by atoms with Crippen molar-refractivity contribution in [1.29, 1.82) is 5.26 Å². The highest BCUT2D eigenvalue weighted by Crippen LogP contribution is 2.46. The third-order valence-corrected chi connectivity index (χ3v) is 2.90. The first-order chi connectivity index (χ1) is 5.76. The van der Waals surface area contributed by atoms with E-state index in [1.807, 2.05) is 0 Å². The van der Waals surface area contributed by atoms with Gasteiger partial charge >= 0.3 is 4.87 Å². The summed E-state index contributed by atoms with van der Waals surface area (Å²) in [7, 11) is 0. The number of nitriles is 1. The van der Waals surface area contributed by atoms with Crippen LogP contribution in [-0.4, -0.2) is 4.57 Å². The standard InChI is InChI=1S/C8H8N2OS/c9-5-8(1-2-8)6-10-3-4-12-7(10)11/h3-4H,1-2,6H2. The maximum atomic E-state index is 11.1. The molecule has 1 fully saturated rings. The Hall–Kier alpha value is -1.08. The van der Waals surface area contributed by atoms with E-state index in [-0.39, 0.29) is 10.3 Å². The first-order valence-electron chi connectivity index (χ1n) is 3.81. The Bertz CT molecular complexity index is 380. The molecule has 0 atom stereocenters. The lowest BCUT2D eigenvalue weighted by atomic mass is 10.1. The van der Waals surface area contributed by atoms with Gasteiger partial charge < -0.3 is 4.57 Å². The zero-order chi connectivity index (χ0) is 8.60. The summed E-state index contributed by atoms with van der Waals surface area (Å²) in [6.45, 7) is 0.575. The second kappa shape index (κ2) is 2.46. The molecule has 1 saturated carbocycles. The van der Waals surface area contributed by atoms with Gasteiger partial charge in [0.25, 0.3) is 0 Å². The van der Waals surface area contributed by atoms with E-state index in [1.165, 1.54) is 11.3 Å². The Balaban J connectivity index is 2.21. The van der Waals surface area contributed by atoms with Crippen molar-refractivity contribution in [3.05, 3.63) is 21.2 Å². The minimum atomic E-state index is -0.217. The third kappa shape index (κ3) is 1.16. The van der Waals surface area contributed by atoms with Crippen molar-refractivity contribution in [2.24, 2.45) is 5.41 Å². The Kier molecular flexibility index (Phi) is 1.55. The van der Waals surface area contributed by atoms with Gasteiger partial charge in [-0.3, -0.25) is 4.79 Å². The van der Waals surface area contributed by atoms with Gasteiger partial charge in [-0.05, 0) is 12.8 Å². The average molecular weight is 180 g/mol. The van der Waals surface area contributed by atoms with Crippen molar-refractivity contribution in [2.75, 3.05) is 0 Å². The van der Waals surface area contributed by atoms with E-state index in [4.69, 9.17) is 5.26 Å². The molecule has 0 radical (unpaired) electrons. The molecular weight excluding hydrogens is 172 g/mol. The maximum Gasteiger partial charge on any atom is 0.307 e. The summed E-state index contributed by atoms with van der Waals surface area (Å²) in [4.78, 5) is 11.2. The van der Waals surface area contributed by atoms with Gasteiger partial charge in [0.05, 0.1) is 11.5 Å². The topological polar surface area (TPSA) is 45.8 Å². The van der Waals surface area contributed by atoms with Crippen LogP contribution in [0.1, 0.15) is 12.8 Å². The highest BCUT2D eigenvalue weighted by atomic mass is 32.1. The predicted molar refractivity (Wildman–Crippen MR) is 45.9 cm³/mol. The second-order valence-corrected chi connectivity index (χ2v) is 4.05. The minimum Gasteiger partial charge on any atom is -0.304 e. The van der Waals surface area contributed by atoms with E-state index in [2.05, 4.69) is 6.07 Å². The number of rotatable bonds is 2. The van der Waals surface area contributed by atoms with Crippen LogP contribution in [0, 0.1) is 16.7 Å². The van der Waals surface area contributed by atoms with E-state index < -0.39 is 0 Å². The summed E-state index contributed by atoms with van der Waals surface area (Å²) in [6, 6.07) is 2.26. The molecule has 2 rings (SSSR count). The molecule has 0 unspecified atom stereocenters. The molecule has 4 heteroatoms. The number of nitrogens with zero attached hydrogens (tertiary/aromatic N) is 2. The zero-order valence-electron chi connectivity index (χ0n) is 6.49. The molecule has 1 aliphatic rings. The van der Waals surface area contributed by atoms with Crippen molar-refractivity contribution in [3.63, 3.8) is 0 Å². The van der Waals surface area contributed by atoms with Crippen molar-refractivity contribution in [3.8, 4) is 6.07 Å². The van der Waals surface area contributed by atoms with Crippen molar-refractivity contribution >= 4 is 11.3 Å². The Morgan fingerprint density at radius 1 is 1.75 bits per heavy atom. The van der Waals surface area contributed by atoms with Crippen LogP contribution >= 0.6 is 11.3 Å². The maximum absolute atomic E-state index is 11.1. The van der Waals surface area contributed by atoms with Gasteiger partial charge in [0.15, 0.2) is 0 Å². The first-order valence-corrected chi connectivity index (χ1v) is 4.69. The van der Waals surface area contributed by atoms with Crippen LogP contribution in [0.25, 0.3) is 0 Å². The Labute approximate surface area is 73.9 Å². The van der Waals surface area contributed by atoms with Gasteiger partial charge in [-0.25, -0.2) is 0 Å². The highest BCUT2D eigenvalue weighted by Gasteiger charge is 2.43. The summed E-state index contributed by atoms with van der Waals surface area (Å²) in [6.07, 6.45) is 3.63. The fourth-order valence-electron chi connectivity index (χ4n) is 1.19. The number of hydrogen-bond acceptors (Lipinski definition) is 3. The van der Waals surface area contributed by atoms with Crippen LogP contribution in [0.15, 0.2) is 16.4 Å². The monoisotopic (exact) mass is 180 g/mol. The van der Waals surface area contributed by atoms with Crippen LogP contribution in [0.3, 0.4) is 0 Å². The minimum absolute atomic E-state index is 0.0384. The summed E-state index contributed by atoms with van der Waals surface area (Å²) < 4.78 is 1.63. The van der Waals surface area contributed by atoms with Crippen LogP contribution in [0.4, 0.5) is 0 Å². The average Bonchev–Trinajstić information content (AvgIpc) is 2.74. The van der Waals surface area contributed by atoms with Crippen molar-refractivity contribution < 1.29 is 0 Å². The molecule has 0 aromatic carbocycles. The highest BCUT2D eigenvalue weighted by molar-refractivity contribution is 7.07. The van der Waals surface area contributed by atoms with Crippen LogP contribution in [0.2, 0.25) is 0 Å². The van der Waals surface area contributed by atoms with Gasteiger partial charge in [0.1, 0.15) is 0 Å². The van der Waals surface area contributed by atoms with E-state index in [1.54, 1.807) is 16.1 Å². The molecule has 1 aromatic heterocycles. The van der Waals surface area contributed by atoms with Crippen LogP contribution in [0.5, 0.6) is 0 Å². The molecule has 1 aliphatic carbocycles. The molecule has 3 nitrogen and oxygen atoms in total. The number of hydrogen-bond donors (Lipinski definition) is 0. The molecular formula is C8H8N2OS. The molecule has 1 aromatic rings. The van der Waals surface area contributed by atoms with Crippen LogP contribution in [-0.2, 0) is 6.54 Å². The molecule has 1 heterocycles. The number of aromatic nitrogens is 1. The SMILES string of the molecule is N#CC1(Cn2ccsc2=O)CC1. The summed E-state index contributed by atoms with van der Waals surface area (Å²) >= 11 is 1.18. The molecule has 0 aliphatic heterocycles. The van der Waals surface area contributed by atoms with Gasteiger partial charge in [-0.2, -0.15) is 5.26 Å². The largest absolute Gasteiger partial charge is 0.307 e. The quantitative estimate of drug-likeness (QED) is 0.686. The fraction of sp³-hybridized carbons (Fsp3) is 0.500. The molecule has 0 amide bonds. The first kappa shape index (κ1) is 7.56. The zero-order valence-corrected chi connectivity index (χ0v) is 7.30. The molecule has 0 saturated heterocycles. The van der Waals surface area contributed by atoms with E-state index in [9.17, 15) is 4.79 Å². The smallest absolute Gasteiger partial charge is 0.304 e. The van der Waals surface area contributed by atoms with Gasteiger partial charge in [-0.15, -0.1) is 0 Å². The summed E-state index contributed by atoms with van der Waals surface area (Å²) in [5.74, 6) is 0. The predicted octanol–water partition coefficient (Wildman–Crippen LogP) is 1.21. The van der Waals surface area contributed by atoms with E-state index in [0.717, 1.165) is 12.8 Å². The fourth-order valence-corrected chi connectivity index (χ4v) is 1.78. The lowest BCUT2D eigenvalue weighted by molar-refractivity contribution is 0.522. The lowest BCUT2D eigenvalue weighted by Crippen LogP contribution is -2.18. The van der Waals surface area contributed by atoms with Gasteiger partial charge in [0, 0.05) is 18.1 Å².